The number of hydrogen-bond donors (Lipinski definition) is 0. The first-order chi connectivity index (χ1) is 11.8. The lowest BCUT2D eigenvalue weighted by Gasteiger charge is -2.22. The quantitative estimate of drug-likeness (QED) is 0.725. The van der Waals surface area contributed by atoms with Gasteiger partial charge in [0.1, 0.15) is 12.7 Å². The van der Waals surface area contributed by atoms with E-state index in [1.807, 2.05) is 47.5 Å². The fraction of sp³-hybridized carbons (Fsp3) is 0.222. The highest BCUT2D eigenvalue weighted by molar-refractivity contribution is 5.94. The molecule has 0 saturated heterocycles. The van der Waals surface area contributed by atoms with Crippen LogP contribution in [-0.2, 0) is 6.54 Å². The van der Waals surface area contributed by atoms with E-state index in [0.717, 1.165) is 24.1 Å². The second-order valence-corrected chi connectivity index (χ2v) is 5.91. The Bertz CT molecular complexity index is 810. The summed E-state index contributed by atoms with van der Waals surface area (Å²) in [6, 6.07) is 11.7. The van der Waals surface area contributed by atoms with Gasteiger partial charge in [-0.15, -0.1) is 0 Å². The number of nitrogens with zero attached hydrogens (tertiary/aromatic N) is 5. The molecule has 0 bridgehead atoms. The monoisotopic (exact) mass is 319 g/mol. The van der Waals surface area contributed by atoms with Gasteiger partial charge in [-0.25, -0.2) is 9.67 Å². The van der Waals surface area contributed by atoms with Crippen LogP contribution in [0.3, 0.4) is 0 Å². The molecule has 24 heavy (non-hydrogen) atoms. The van der Waals surface area contributed by atoms with Crippen molar-refractivity contribution in [2.75, 3.05) is 0 Å². The molecule has 1 amide bonds. The van der Waals surface area contributed by atoms with Crippen LogP contribution in [0.25, 0.3) is 5.69 Å². The second-order valence-electron chi connectivity index (χ2n) is 5.91. The minimum absolute atomic E-state index is 0.0616. The van der Waals surface area contributed by atoms with E-state index < -0.39 is 0 Å². The van der Waals surface area contributed by atoms with E-state index in [4.69, 9.17) is 0 Å². The number of pyridine rings is 1. The van der Waals surface area contributed by atoms with Crippen LogP contribution in [0.4, 0.5) is 0 Å². The van der Waals surface area contributed by atoms with Gasteiger partial charge in [-0.1, -0.05) is 6.07 Å². The molecule has 0 N–H and O–H groups in total. The van der Waals surface area contributed by atoms with E-state index in [0.29, 0.717) is 18.2 Å². The summed E-state index contributed by atoms with van der Waals surface area (Å²) in [4.78, 5) is 22.9. The standard InChI is InChI=1S/C18H17N5O/c24-18(15-3-5-17(6-4-15)23-13-20-12-21-23)22(16-7-8-16)11-14-2-1-9-19-10-14/h1-6,9-10,12-13,16H,7-8,11H2. The van der Waals surface area contributed by atoms with Crippen molar-refractivity contribution in [3.63, 3.8) is 0 Å². The average Bonchev–Trinajstić information content (AvgIpc) is 3.33. The highest BCUT2D eigenvalue weighted by Gasteiger charge is 2.33. The largest absolute Gasteiger partial charge is 0.331 e. The molecule has 0 radical (unpaired) electrons. The van der Waals surface area contributed by atoms with Gasteiger partial charge in [-0.3, -0.25) is 9.78 Å². The van der Waals surface area contributed by atoms with Gasteiger partial charge in [0.15, 0.2) is 0 Å². The van der Waals surface area contributed by atoms with Crippen molar-refractivity contribution in [3.8, 4) is 5.69 Å². The fourth-order valence-corrected chi connectivity index (χ4v) is 2.71. The Morgan fingerprint density at radius 1 is 1.17 bits per heavy atom. The van der Waals surface area contributed by atoms with E-state index in [1.165, 1.54) is 6.33 Å². The van der Waals surface area contributed by atoms with Crippen molar-refractivity contribution in [2.24, 2.45) is 0 Å². The molecule has 1 fully saturated rings. The van der Waals surface area contributed by atoms with Gasteiger partial charge in [0.2, 0.25) is 0 Å². The summed E-state index contributed by atoms with van der Waals surface area (Å²) in [5.74, 6) is 0.0616. The lowest BCUT2D eigenvalue weighted by Crippen LogP contribution is -2.32. The maximum atomic E-state index is 12.9. The van der Waals surface area contributed by atoms with E-state index in [1.54, 1.807) is 17.2 Å². The van der Waals surface area contributed by atoms with Crippen LogP contribution >= 0.6 is 0 Å². The predicted octanol–water partition coefficient (Wildman–Crippen LogP) is 2.47. The van der Waals surface area contributed by atoms with Crippen LogP contribution in [0.5, 0.6) is 0 Å². The van der Waals surface area contributed by atoms with Crippen molar-refractivity contribution >= 4 is 5.91 Å². The van der Waals surface area contributed by atoms with Crippen molar-refractivity contribution < 1.29 is 4.79 Å². The van der Waals surface area contributed by atoms with Gasteiger partial charge >= 0.3 is 0 Å². The van der Waals surface area contributed by atoms with Crippen molar-refractivity contribution in [1.82, 2.24) is 24.6 Å². The highest BCUT2D eigenvalue weighted by atomic mass is 16.2. The molecule has 0 unspecified atom stereocenters. The van der Waals surface area contributed by atoms with Crippen LogP contribution in [-0.4, -0.2) is 36.6 Å². The predicted molar refractivity (Wildman–Crippen MR) is 88.5 cm³/mol. The molecule has 0 atom stereocenters. The van der Waals surface area contributed by atoms with Crippen LogP contribution in [0, 0.1) is 0 Å². The molecular weight excluding hydrogens is 302 g/mol. The third kappa shape index (κ3) is 3.03. The molecule has 120 valence electrons. The zero-order chi connectivity index (χ0) is 16.4. The van der Waals surface area contributed by atoms with E-state index in [-0.39, 0.29) is 5.91 Å². The highest BCUT2D eigenvalue weighted by Crippen LogP contribution is 2.29. The molecule has 6 heteroatoms. The van der Waals surface area contributed by atoms with Gasteiger partial charge < -0.3 is 4.90 Å². The Hall–Kier alpha value is -3.02. The molecule has 1 aromatic carbocycles. The van der Waals surface area contributed by atoms with Crippen molar-refractivity contribution in [3.05, 3.63) is 72.6 Å². The van der Waals surface area contributed by atoms with Gasteiger partial charge in [0, 0.05) is 30.5 Å². The first-order valence-corrected chi connectivity index (χ1v) is 7.96. The van der Waals surface area contributed by atoms with Crippen LogP contribution in [0.1, 0.15) is 28.8 Å². The molecule has 1 saturated carbocycles. The topological polar surface area (TPSA) is 63.9 Å². The molecule has 0 aliphatic heterocycles. The number of benzene rings is 1. The molecule has 2 heterocycles. The normalized spacial score (nSPS) is 13.7. The summed E-state index contributed by atoms with van der Waals surface area (Å²) in [6.45, 7) is 0.599. The van der Waals surface area contributed by atoms with E-state index in [2.05, 4.69) is 15.1 Å². The Morgan fingerprint density at radius 3 is 2.62 bits per heavy atom. The molecular formula is C18H17N5O. The van der Waals surface area contributed by atoms with Crippen LogP contribution in [0.2, 0.25) is 0 Å². The van der Waals surface area contributed by atoms with Crippen LogP contribution in [0.15, 0.2) is 61.4 Å². The van der Waals surface area contributed by atoms with Crippen molar-refractivity contribution in [2.45, 2.75) is 25.4 Å². The van der Waals surface area contributed by atoms with Gasteiger partial charge in [0.05, 0.1) is 5.69 Å². The average molecular weight is 319 g/mol. The molecule has 3 aromatic rings. The number of aromatic nitrogens is 4. The third-order valence-electron chi connectivity index (χ3n) is 4.12. The number of amides is 1. The molecule has 0 spiro atoms. The summed E-state index contributed by atoms with van der Waals surface area (Å²) in [5, 5.41) is 4.09. The summed E-state index contributed by atoms with van der Waals surface area (Å²) in [7, 11) is 0. The third-order valence-corrected chi connectivity index (χ3v) is 4.12. The molecule has 2 aromatic heterocycles. The van der Waals surface area contributed by atoms with Crippen molar-refractivity contribution in [1.29, 1.82) is 0 Å². The summed E-state index contributed by atoms with van der Waals surface area (Å²) in [6.07, 6.45) is 8.83. The Morgan fingerprint density at radius 2 is 2.00 bits per heavy atom. The summed E-state index contributed by atoms with van der Waals surface area (Å²) < 4.78 is 1.67. The zero-order valence-electron chi connectivity index (χ0n) is 13.1. The maximum absolute atomic E-state index is 12.9. The second kappa shape index (κ2) is 6.23. The lowest BCUT2D eigenvalue weighted by atomic mass is 10.1. The minimum atomic E-state index is 0.0616. The molecule has 1 aliphatic rings. The Balaban J connectivity index is 1.54. The first kappa shape index (κ1) is 14.6. The smallest absolute Gasteiger partial charge is 0.254 e. The molecule has 1 aliphatic carbocycles. The number of rotatable bonds is 5. The number of carbonyl (C=O) groups excluding carboxylic acids is 1. The van der Waals surface area contributed by atoms with E-state index >= 15 is 0 Å². The van der Waals surface area contributed by atoms with Gasteiger partial charge in [-0.05, 0) is 48.7 Å². The lowest BCUT2D eigenvalue weighted by molar-refractivity contribution is 0.0730. The summed E-state index contributed by atoms with van der Waals surface area (Å²) in [5.41, 5.74) is 2.63. The van der Waals surface area contributed by atoms with E-state index in [9.17, 15) is 4.79 Å². The SMILES string of the molecule is O=C(c1ccc(-n2cncn2)cc1)N(Cc1cccnc1)C1CC1. The number of carbonyl (C=O) groups is 1. The fourth-order valence-electron chi connectivity index (χ4n) is 2.71. The van der Waals surface area contributed by atoms with Crippen LogP contribution < -0.4 is 0 Å². The summed E-state index contributed by atoms with van der Waals surface area (Å²) >= 11 is 0. The Labute approximate surface area is 139 Å². The first-order valence-electron chi connectivity index (χ1n) is 7.96. The number of hydrogen-bond acceptors (Lipinski definition) is 4. The minimum Gasteiger partial charge on any atom is -0.331 e. The maximum Gasteiger partial charge on any atom is 0.254 e. The Kier molecular flexibility index (Phi) is 3.78. The van der Waals surface area contributed by atoms with Gasteiger partial charge in [0.25, 0.3) is 5.91 Å². The molecule has 4 rings (SSSR count). The zero-order valence-corrected chi connectivity index (χ0v) is 13.1. The van der Waals surface area contributed by atoms with Gasteiger partial charge in [-0.2, -0.15) is 5.10 Å². The molecule has 6 nitrogen and oxygen atoms in total.